The van der Waals surface area contributed by atoms with Gasteiger partial charge in [-0.15, -0.1) is 0 Å². The molecule has 1 unspecified atom stereocenters. The van der Waals surface area contributed by atoms with Crippen molar-refractivity contribution in [2.24, 2.45) is 0 Å². The van der Waals surface area contributed by atoms with Gasteiger partial charge in [-0.25, -0.2) is 14.4 Å². The van der Waals surface area contributed by atoms with Crippen LogP contribution in [0.25, 0.3) is 10.9 Å². The zero-order valence-electron chi connectivity index (χ0n) is 18.1. The van der Waals surface area contributed by atoms with Gasteiger partial charge in [0.25, 0.3) is 5.56 Å². The minimum Gasteiger partial charge on any atom is -0.383 e. The summed E-state index contributed by atoms with van der Waals surface area (Å²) in [5, 5.41) is 10.5. The number of piperazine rings is 1. The first-order chi connectivity index (χ1) is 16.0. The molecule has 1 saturated heterocycles. The normalized spacial score (nSPS) is 23.2. The molecular formula is C22H21F4N5O3. The zero-order valence-corrected chi connectivity index (χ0v) is 18.1. The van der Waals surface area contributed by atoms with Gasteiger partial charge in [0.2, 0.25) is 5.91 Å². The summed E-state index contributed by atoms with van der Waals surface area (Å²) in [6.45, 7) is 5.64. The van der Waals surface area contributed by atoms with Gasteiger partial charge in [-0.1, -0.05) is 18.7 Å². The highest BCUT2D eigenvalue weighted by Gasteiger charge is 2.44. The number of carbonyl (C=O) groups excluding carboxylic acids is 1. The molecular weight excluding hydrogens is 458 g/mol. The Morgan fingerprint density at radius 1 is 1.26 bits per heavy atom. The number of anilines is 1. The summed E-state index contributed by atoms with van der Waals surface area (Å²) >= 11 is 0. The van der Waals surface area contributed by atoms with Crippen molar-refractivity contribution in [1.29, 1.82) is 0 Å². The topological polar surface area (TPSA) is 91.6 Å². The lowest BCUT2D eigenvalue weighted by Crippen LogP contribution is -2.48. The van der Waals surface area contributed by atoms with E-state index in [9.17, 15) is 32.3 Å². The quantitative estimate of drug-likeness (QED) is 0.537. The summed E-state index contributed by atoms with van der Waals surface area (Å²) in [4.78, 5) is 36.3. The Morgan fingerprint density at radius 3 is 2.53 bits per heavy atom. The van der Waals surface area contributed by atoms with Gasteiger partial charge in [0.05, 0.1) is 5.39 Å². The number of carbonyl (C=O) groups is 1. The molecule has 4 rings (SSSR count). The van der Waals surface area contributed by atoms with Crippen LogP contribution in [0.3, 0.4) is 0 Å². The highest BCUT2D eigenvalue weighted by molar-refractivity contribution is 5.90. The minimum atomic E-state index is -5.05. The third-order valence-electron chi connectivity index (χ3n) is 5.94. The van der Waals surface area contributed by atoms with E-state index in [-0.39, 0.29) is 53.4 Å². The van der Waals surface area contributed by atoms with Gasteiger partial charge in [0.15, 0.2) is 0 Å². The highest BCUT2D eigenvalue weighted by atomic mass is 19.4. The monoisotopic (exact) mass is 479 g/mol. The van der Waals surface area contributed by atoms with Crippen LogP contribution >= 0.6 is 0 Å². The molecule has 1 amide bonds. The summed E-state index contributed by atoms with van der Waals surface area (Å²) < 4.78 is 57.3. The standard InChI is InChI=1S/C22H21F4N5O3/c1-3-16(32)29-7-9-30(10-8-29)19-13-11-15(22(24,25)26)31(20(33)17(13)27-12-28-19)18-14(23)5-4-6-21(18,2)34/h3-6,11-12,18,34H,1,7-10H2,2H3/t18-,21?/m0/s1. The Labute approximate surface area is 191 Å². The number of amides is 1. The maximum Gasteiger partial charge on any atom is 0.431 e. The molecule has 180 valence electrons. The SMILES string of the molecule is C=CC(=O)N1CCN(c2ncnc3c(=O)n([C@H]4C(F)=CC=CC4(C)O)c(C(F)(F)F)cc23)CC1. The van der Waals surface area contributed by atoms with Gasteiger partial charge >= 0.3 is 6.18 Å². The van der Waals surface area contributed by atoms with Crippen molar-refractivity contribution in [2.45, 2.75) is 24.7 Å². The molecule has 2 atom stereocenters. The number of allylic oxidation sites excluding steroid dienone is 2. The summed E-state index contributed by atoms with van der Waals surface area (Å²) in [5.74, 6) is -1.27. The third-order valence-corrected chi connectivity index (χ3v) is 5.94. The lowest BCUT2D eigenvalue weighted by atomic mass is 9.90. The van der Waals surface area contributed by atoms with Crippen LogP contribution in [0.1, 0.15) is 18.7 Å². The lowest BCUT2D eigenvalue weighted by molar-refractivity contribution is -0.146. The number of rotatable bonds is 3. The second kappa shape index (κ2) is 8.35. The maximum atomic E-state index is 14.7. The first-order valence-electron chi connectivity index (χ1n) is 10.4. The summed E-state index contributed by atoms with van der Waals surface area (Å²) in [5.41, 5.74) is -5.09. The van der Waals surface area contributed by atoms with Gasteiger partial charge in [0.1, 0.15) is 40.8 Å². The number of fused-ring (bicyclic) bond motifs is 1. The van der Waals surface area contributed by atoms with E-state index in [1.807, 2.05) is 0 Å². The average Bonchev–Trinajstić information content (AvgIpc) is 2.78. The number of nitrogens with zero attached hydrogens (tertiary/aromatic N) is 5. The molecule has 1 fully saturated rings. The first kappa shape index (κ1) is 23.6. The van der Waals surface area contributed by atoms with Crippen molar-refractivity contribution in [3.8, 4) is 0 Å². The minimum absolute atomic E-state index is 0.0942. The number of aliphatic hydroxyl groups is 1. The number of hydrogen-bond acceptors (Lipinski definition) is 6. The molecule has 0 bridgehead atoms. The summed E-state index contributed by atoms with van der Waals surface area (Å²) in [6.07, 6.45) is 0.358. The summed E-state index contributed by atoms with van der Waals surface area (Å²) in [6, 6.07) is -1.23. The molecule has 1 aliphatic heterocycles. The second-order valence-corrected chi connectivity index (χ2v) is 8.22. The van der Waals surface area contributed by atoms with E-state index >= 15 is 0 Å². The van der Waals surface area contributed by atoms with Gasteiger partial charge in [-0.3, -0.25) is 14.2 Å². The molecule has 0 radical (unpaired) electrons. The molecule has 2 aliphatic rings. The predicted octanol–water partition coefficient (Wildman–Crippen LogP) is 2.36. The molecule has 0 aromatic carbocycles. The Morgan fingerprint density at radius 2 is 1.94 bits per heavy atom. The third kappa shape index (κ3) is 3.98. The Bertz CT molecular complexity index is 1270. The molecule has 12 heteroatoms. The molecule has 3 heterocycles. The van der Waals surface area contributed by atoms with Crippen molar-refractivity contribution < 1.29 is 27.5 Å². The summed E-state index contributed by atoms with van der Waals surface area (Å²) in [7, 11) is 0. The fourth-order valence-electron chi connectivity index (χ4n) is 4.29. The average molecular weight is 479 g/mol. The van der Waals surface area contributed by atoms with Crippen LogP contribution in [0, 0.1) is 0 Å². The van der Waals surface area contributed by atoms with Crippen LogP contribution in [0.15, 0.2) is 53.9 Å². The molecule has 2 aromatic heterocycles. The second-order valence-electron chi connectivity index (χ2n) is 8.22. The van der Waals surface area contributed by atoms with Gasteiger partial charge in [0, 0.05) is 26.2 Å². The van der Waals surface area contributed by atoms with E-state index < -0.39 is 34.9 Å². The maximum absolute atomic E-state index is 14.7. The number of aromatic nitrogens is 3. The van der Waals surface area contributed by atoms with Crippen LogP contribution in [0.4, 0.5) is 23.4 Å². The van der Waals surface area contributed by atoms with E-state index in [4.69, 9.17) is 0 Å². The van der Waals surface area contributed by atoms with E-state index in [1.54, 1.807) is 4.90 Å². The van der Waals surface area contributed by atoms with Crippen LogP contribution in [-0.2, 0) is 11.0 Å². The van der Waals surface area contributed by atoms with Crippen LogP contribution in [0.2, 0.25) is 0 Å². The lowest BCUT2D eigenvalue weighted by Gasteiger charge is -2.36. The van der Waals surface area contributed by atoms with E-state index in [2.05, 4.69) is 16.5 Å². The van der Waals surface area contributed by atoms with E-state index in [0.29, 0.717) is 6.07 Å². The molecule has 0 saturated carbocycles. The predicted molar refractivity (Wildman–Crippen MR) is 116 cm³/mol. The Hall–Kier alpha value is -3.54. The van der Waals surface area contributed by atoms with E-state index in [1.165, 1.54) is 17.1 Å². The fraction of sp³-hybridized carbons (Fsp3) is 0.364. The molecule has 1 N–H and O–H groups in total. The van der Waals surface area contributed by atoms with Crippen molar-refractivity contribution >= 4 is 22.6 Å². The van der Waals surface area contributed by atoms with Crippen molar-refractivity contribution in [3.63, 3.8) is 0 Å². The Kier molecular flexibility index (Phi) is 5.80. The van der Waals surface area contributed by atoms with Gasteiger partial charge in [-0.05, 0) is 25.1 Å². The number of halogens is 4. The van der Waals surface area contributed by atoms with Gasteiger partial charge < -0.3 is 14.9 Å². The number of hydrogen-bond donors (Lipinski definition) is 1. The Balaban J connectivity index is 1.88. The van der Waals surface area contributed by atoms with E-state index in [0.717, 1.165) is 25.4 Å². The van der Waals surface area contributed by atoms with Crippen LogP contribution in [0.5, 0.6) is 0 Å². The van der Waals surface area contributed by atoms with Crippen molar-refractivity contribution in [2.75, 3.05) is 31.1 Å². The molecule has 8 nitrogen and oxygen atoms in total. The smallest absolute Gasteiger partial charge is 0.383 e. The molecule has 1 aliphatic carbocycles. The van der Waals surface area contributed by atoms with Crippen LogP contribution < -0.4 is 10.5 Å². The molecule has 34 heavy (non-hydrogen) atoms. The first-order valence-corrected chi connectivity index (χ1v) is 10.4. The largest absolute Gasteiger partial charge is 0.431 e. The van der Waals surface area contributed by atoms with Crippen molar-refractivity contribution in [1.82, 2.24) is 19.4 Å². The van der Waals surface area contributed by atoms with Crippen LogP contribution in [-0.4, -0.2) is 62.2 Å². The zero-order chi connectivity index (χ0) is 24.8. The number of alkyl halides is 3. The molecule has 0 spiro atoms. The number of pyridine rings is 1. The highest BCUT2D eigenvalue weighted by Crippen LogP contribution is 2.40. The molecule has 2 aromatic rings. The van der Waals surface area contributed by atoms with Crippen molar-refractivity contribution in [3.05, 3.63) is 65.2 Å². The fourth-order valence-corrected chi connectivity index (χ4v) is 4.29. The van der Waals surface area contributed by atoms with Gasteiger partial charge in [-0.2, -0.15) is 13.2 Å².